The first-order valence-corrected chi connectivity index (χ1v) is 13.3. The Morgan fingerprint density at radius 2 is 1.69 bits per heavy atom. The monoisotopic (exact) mass is 508 g/mol. The van der Waals surface area contributed by atoms with Crippen molar-refractivity contribution in [1.29, 1.82) is 0 Å². The highest BCUT2D eigenvalue weighted by atomic mass is 32.2. The van der Waals surface area contributed by atoms with Gasteiger partial charge in [0.25, 0.3) is 11.8 Å². The van der Waals surface area contributed by atoms with Crippen LogP contribution in [0.5, 0.6) is 0 Å². The quantitative estimate of drug-likeness (QED) is 0.437. The highest BCUT2D eigenvalue weighted by Gasteiger charge is 2.43. The first-order valence-electron chi connectivity index (χ1n) is 12.5. The molecule has 2 aliphatic heterocycles. The second-order valence-corrected chi connectivity index (χ2v) is 10.6. The second-order valence-electron chi connectivity index (χ2n) is 9.52. The molecule has 0 unspecified atom stereocenters. The number of rotatable bonds is 8. The minimum atomic E-state index is -0.416. The molecule has 2 aromatic carbocycles. The Labute approximate surface area is 217 Å². The summed E-state index contributed by atoms with van der Waals surface area (Å²) in [6, 6.07) is 14.6. The maximum Gasteiger partial charge on any atom is 0.338 e. The lowest BCUT2D eigenvalue weighted by Crippen LogP contribution is -3.10. The topological polar surface area (TPSA) is 71.4 Å². The van der Waals surface area contributed by atoms with Gasteiger partial charge >= 0.3 is 5.97 Å². The van der Waals surface area contributed by atoms with Crippen LogP contribution < -0.4 is 9.80 Å². The number of benzene rings is 2. The lowest BCUT2D eigenvalue weighted by molar-refractivity contribution is -0.885. The summed E-state index contributed by atoms with van der Waals surface area (Å²) in [5.74, 6) is -1.09. The molecule has 190 valence electrons. The largest absolute Gasteiger partial charge is 0.462 e. The summed E-state index contributed by atoms with van der Waals surface area (Å²) < 4.78 is 5.19. The average molecular weight is 509 g/mol. The summed E-state index contributed by atoms with van der Waals surface area (Å²) >= 11 is 1.33. The summed E-state index contributed by atoms with van der Waals surface area (Å²) in [6.07, 6.45) is 2.66. The number of imide groups is 1. The SMILES string of the molecule is CCCOC(=O)c1ccc(N2C(=O)C(Sc3ccc(C)cc3)=C(N(C)C3CC[NH+](C)CC3)C2=O)cc1. The molecule has 1 fully saturated rings. The summed E-state index contributed by atoms with van der Waals surface area (Å²) in [5.41, 5.74) is 2.41. The summed E-state index contributed by atoms with van der Waals surface area (Å²) in [7, 11) is 4.11. The maximum atomic E-state index is 13.8. The molecule has 7 nitrogen and oxygen atoms in total. The van der Waals surface area contributed by atoms with Crippen LogP contribution in [0.2, 0.25) is 0 Å². The van der Waals surface area contributed by atoms with Crippen LogP contribution in [-0.2, 0) is 14.3 Å². The summed E-state index contributed by atoms with van der Waals surface area (Å²) in [5, 5.41) is 0. The first kappa shape index (κ1) is 26.0. The van der Waals surface area contributed by atoms with Gasteiger partial charge in [0.1, 0.15) is 10.6 Å². The first-order chi connectivity index (χ1) is 17.3. The van der Waals surface area contributed by atoms with E-state index in [9.17, 15) is 14.4 Å². The van der Waals surface area contributed by atoms with Crippen LogP contribution in [0.4, 0.5) is 5.69 Å². The molecule has 36 heavy (non-hydrogen) atoms. The van der Waals surface area contributed by atoms with Gasteiger partial charge in [-0.1, -0.05) is 36.4 Å². The lowest BCUT2D eigenvalue weighted by atomic mass is 10.0. The van der Waals surface area contributed by atoms with Gasteiger partial charge in [0.2, 0.25) is 0 Å². The fourth-order valence-electron chi connectivity index (χ4n) is 4.55. The number of amides is 2. The van der Waals surface area contributed by atoms with Gasteiger partial charge in [0.15, 0.2) is 0 Å². The third-order valence-electron chi connectivity index (χ3n) is 6.77. The molecule has 2 aliphatic rings. The van der Waals surface area contributed by atoms with Crippen molar-refractivity contribution >= 4 is 35.2 Å². The van der Waals surface area contributed by atoms with Crippen molar-refractivity contribution in [3.05, 3.63) is 70.3 Å². The van der Waals surface area contributed by atoms with Gasteiger partial charge in [-0.15, -0.1) is 0 Å². The molecule has 1 saturated heterocycles. The Morgan fingerprint density at radius 3 is 2.31 bits per heavy atom. The number of nitrogens with zero attached hydrogens (tertiary/aromatic N) is 2. The van der Waals surface area contributed by atoms with E-state index in [1.54, 1.807) is 24.3 Å². The number of aryl methyl sites for hydroxylation is 1. The van der Waals surface area contributed by atoms with Crippen molar-refractivity contribution in [3.63, 3.8) is 0 Å². The number of esters is 1. The smallest absolute Gasteiger partial charge is 0.338 e. The fraction of sp³-hybridized carbons (Fsp3) is 0.393. The van der Waals surface area contributed by atoms with Crippen LogP contribution >= 0.6 is 11.8 Å². The van der Waals surface area contributed by atoms with E-state index in [1.807, 2.05) is 50.1 Å². The van der Waals surface area contributed by atoms with Crippen LogP contribution in [0.25, 0.3) is 0 Å². The van der Waals surface area contributed by atoms with E-state index in [0.717, 1.165) is 42.8 Å². The van der Waals surface area contributed by atoms with Crippen molar-refractivity contribution < 1.29 is 24.0 Å². The molecule has 0 atom stereocenters. The van der Waals surface area contributed by atoms with E-state index < -0.39 is 5.97 Å². The third-order valence-corrected chi connectivity index (χ3v) is 7.85. The van der Waals surface area contributed by atoms with Crippen molar-refractivity contribution in [1.82, 2.24) is 4.90 Å². The highest BCUT2D eigenvalue weighted by molar-refractivity contribution is 8.04. The Bertz CT molecular complexity index is 1150. The fourth-order valence-corrected chi connectivity index (χ4v) is 5.56. The number of piperidine rings is 1. The Kier molecular flexibility index (Phi) is 8.16. The zero-order chi connectivity index (χ0) is 25.8. The molecule has 0 aromatic heterocycles. The molecular weight excluding hydrogens is 474 g/mol. The number of quaternary nitrogens is 1. The predicted octanol–water partition coefficient (Wildman–Crippen LogP) is 3.05. The molecule has 2 aromatic rings. The van der Waals surface area contributed by atoms with Gasteiger partial charge in [-0.2, -0.15) is 0 Å². The summed E-state index contributed by atoms with van der Waals surface area (Å²) in [6.45, 7) is 6.36. The standard InChI is InChI=1S/C28H33N3O4S/c1-5-18-35-28(34)20-8-10-22(11-9-20)31-26(32)24(30(4)21-14-16-29(3)17-15-21)25(27(31)33)36-23-12-6-19(2)7-13-23/h6-13,21H,5,14-18H2,1-4H3/p+1. The molecule has 1 N–H and O–H groups in total. The van der Waals surface area contributed by atoms with Crippen LogP contribution in [0.1, 0.15) is 42.1 Å². The third kappa shape index (κ3) is 5.50. The van der Waals surface area contributed by atoms with E-state index in [-0.39, 0.29) is 17.9 Å². The normalized spacial score (nSPS) is 20.2. The predicted molar refractivity (Wildman–Crippen MR) is 141 cm³/mol. The maximum absolute atomic E-state index is 13.8. The van der Waals surface area contributed by atoms with Crippen molar-refractivity contribution in [2.45, 2.75) is 44.0 Å². The Morgan fingerprint density at radius 1 is 1.06 bits per heavy atom. The van der Waals surface area contributed by atoms with Gasteiger partial charge in [-0.05, 0) is 49.7 Å². The molecule has 4 rings (SSSR count). The van der Waals surface area contributed by atoms with Crippen LogP contribution in [0, 0.1) is 6.92 Å². The minimum Gasteiger partial charge on any atom is -0.462 e. The average Bonchev–Trinajstić information content (AvgIpc) is 3.12. The van der Waals surface area contributed by atoms with Crippen LogP contribution in [0.15, 0.2) is 64.0 Å². The van der Waals surface area contributed by atoms with Gasteiger partial charge in [-0.25, -0.2) is 9.69 Å². The van der Waals surface area contributed by atoms with Crippen molar-refractivity contribution in [2.24, 2.45) is 0 Å². The number of likely N-dealkylation sites (tertiary alicyclic amines) is 1. The number of carbonyl (C=O) groups excluding carboxylic acids is 3. The lowest BCUT2D eigenvalue weighted by Gasteiger charge is -2.35. The van der Waals surface area contributed by atoms with Gasteiger partial charge < -0.3 is 14.5 Å². The number of likely N-dealkylation sites (N-methyl/N-ethyl adjacent to an activating group) is 1. The molecule has 0 aliphatic carbocycles. The number of carbonyl (C=O) groups is 3. The molecule has 0 saturated carbocycles. The van der Waals surface area contributed by atoms with E-state index in [1.165, 1.54) is 21.6 Å². The number of anilines is 1. The molecule has 2 heterocycles. The zero-order valence-electron chi connectivity index (χ0n) is 21.4. The number of hydrogen-bond donors (Lipinski definition) is 1. The van der Waals surface area contributed by atoms with E-state index >= 15 is 0 Å². The second kappa shape index (κ2) is 11.3. The minimum absolute atomic E-state index is 0.199. The molecule has 0 spiro atoms. The molecular formula is C28H34N3O4S+. The molecule has 0 bridgehead atoms. The molecule has 2 amide bonds. The van der Waals surface area contributed by atoms with Gasteiger partial charge in [-0.3, -0.25) is 9.59 Å². The Balaban J connectivity index is 1.64. The van der Waals surface area contributed by atoms with Crippen molar-refractivity contribution in [2.75, 3.05) is 38.7 Å². The number of ether oxygens (including phenoxy) is 1. The van der Waals surface area contributed by atoms with E-state index in [4.69, 9.17) is 4.74 Å². The van der Waals surface area contributed by atoms with Crippen LogP contribution in [0.3, 0.4) is 0 Å². The van der Waals surface area contributed by atoms with Gasteiger partial charge in [0.05, 0.1) is 38.0 Å². The number of nitrogens with one attached hydrogen (secondary N) is 1. The zero-order valence-corrected chi connectivity index (χ0v) is 22.2. The van der Waals surface area contributed by atoms with E-state index in [0.29, 0.717) is 28.5 Å². The number of hydrogen-bond acceptors (Lipinski definition) is 6. The Hall–Kier alpha value is -3.10. The van der Waals surface area contributed by atoms with Gasteiger partial charge in [0, 0.05) is 30.8 Å². The molecule has 8 heteroatoms. The van der Waals surface area contributed by atoms with Crippen molar-refractivity contribution in [3.8, 4) is 0 Å². The highest BCUT2D eigenvalue weighted by Crippen LogP contribution is 2.39. The summed E-state index contributed by atoms with van der Waals surface area (Å²) in [4.78, 5) is 45.7. The number of thioether (sulfide) groups is 1. The molecule has 0 radical (unpaired) electrons. The van der Waals surface area contributed by atoms with E-state index in [2.05, 4.69) is 7.05 Å². The van der Waals surface area contributed by atoms with Crippen LogP contribution in [-0.4, -0.2) is 62.5 Å².